The molecule has 26 heavy (non-hydrogen) atoms. The first-order valence-corrected chi connectivity index (χ1v) is 9.91. The molecule has 0 radical (unpaired) electrons. The Morgan fingerprint density at radius 1 is 1.19 bits per heavy atom. The Bertz CT molecular complexity index is 738. The molecule has 8 nitrogen and oxygen atoms in total. The zero-order valence-corrected chi connectivity index (χ0v) is 16.4. The predicted molar refractivity (Wildman–Crippen MR) is 97.4 cm³/mol. The summed E-state index contributed by atoms with van der Waals surface area (Å²) < 4.78 is 30.5. The molecule has 3 N–H and O–H groups in total. The lowest BCUT2D eigenvalue weighted by atomic mass is 9.86. The van der Waals surface area contributed by atoms with Crippen molar-refractivity contribution >= 4 is 21.9 Å². The van der Waals surface area contributed by atoms with Gasteiger partial charge in [-0.2, -0.15) is 0 Å². The van der Waals surface area contributed by atoms with Gasteiger partial charge >= 0.3 is 5.97 Å². The van der Waals surface area contributed by atoms with Gasteiger partial charge in [-0.05, 0) is 30.0 Å². The normalized spacial score (nSPS) is 14.3. The van der Waals surface area contributed by atoms with E-state index < -0.39 is 40.0 Å². The van der Waals surface area contributed by atoms with Gasteiger partial charge in [0, 0.05) is 0 Å². The van der Waals surface area contributed by atoms with Crippen LogP contribution >= 0.6 is 0 Å². The molecule has 0 aromatic heterocycles. The molecule has 0 aliphatic rings. The lowest BCUT2D eigenvalue weighted by Crippen LogP contribution is -2.53. The number of rotatable bonds is 8. The number of benzene rings is 1. The van der Waals surface area contributed by atoms with Crippen LogP contribution in [0.15, 0.2) is 24.3 Å². The molecule has 1 aromatic carbocycles. The van der Waals surface area contributed by atoms with Crippen molar-refractivity contribution in [2.45, 2.75) is 39.8 Å². The second-order valence-electron chi connectivity index (χ2n) is 7.17. The molecule has 0 bridgehead atoms. The Morgan fingerprint density at radius 3 is 2.15 bits per heavy atom. The molecule has 1 aromatic rings. The second-order valence-corrected chi connectivity index (χ2v) is 8.95. The topological polar surface area (TPSA) is 122 Å². The van der Waals surface area contributed by atoms with Crippen molar-refractivity contribution in [3.63, 3.8) is 0 Å². The van der Waals surface area contributed by atoms with Gasteiger partial charge in [0.05, 0.1) is 12.3 Å². The highest BCUT2D eigenvalue weighted by Crippen LogP contribution is 2.22. The monoisotopic (exact) mass is 386 g/mol. The molecule has 2 unspecified atom stereocenters. The van der Waals surface area contributed by atoms with E-state index in [1.165, 1.54) is 0 Å². The van der Waals surface area contributed by atoms with Crippen LogP contribution in [0.2, 0.25) is 0 Å². The first-order chi connectivity index (χ1) is 11.8. The van der Waals surface area contributed by atoms with Crippen molar-refractivity contribution in [2.75, 3.05) is 12.9 Å². The molecule has 0 heterocycles. The lowest BCUT2D eigenvalue weighted by Gasteiger charge is -2.30. The maximum absolute atomic E-state index is 12.6. The van der Waals surface area contributed by atoms with E-state index in [0.717, 1.165) is 11.8 Å². The highest BCUT2D eigenvalue weighted by molar-refractivity contribution is 7.88. The molecule has 9 heteroatoms. The van der Waals surface area contributed by atoms with Gasteiger partial charge in [-0.3, -0.25) is 4.79 Å². The van der Waals surface area contributed by atoms with Gasteiger partial charge in [0.15, 0.2) is 6.61 Å². The van der Waals surface area contributed by atoms with Gasteiger partial charge < -0.3 is 15.2 Å². The molecule has 1 amide bonds. The highest BCUT2D eigenvalue weighted by atomic mass is 32.2. The predicted octanol–water partition coefficient (Wildman–Crippen LogP) is 1.29. The second kappa shape index (κ2) is 8.50. The van der Waals surface area contributed by atoms with Gasteiger partial charge in [-0.15, -0.1) is 0 Å². The Hall–Kier alpha value is -2.13. The van der Waals surface area contributed by atoms with Crippen LogP contribution in [0.5, 0.6) is 5.75 Å². The van der Waals surface area contributed by atoms with E-state index in [-0.39, 0.29) is 6.04 Å². The average Bonchev–Trinajstić information content (AvgIpc) is 2.49. The van der Waals surface area contributed by atoms with Crippen molar-refractivity contribution in [1.29, 1.82) is 0 Å². The fourth-order valence-electron chi connectivity index (χ4n) is 2.22. The third-order valence-electron chi connectivity index (χ3n) is 3.56. The lowest BCUT2D eigenvalue weighted by molar-refractivity contribution is -0.139. The Kier molecular flexibility index (Phi) is 7.16. The quantitative estimate of drug-likeness (QED) is 0.619. The van der Waals surface area contributed by atoms with Gasteiger partial charge in [0.2, 0.25) is 15.9 Å². The number of ether oxygens (including phenoxy) is 1. The summed E-state index contributed by atoms with van der Waals surface area (Å²) in [6.07, 6.45) is 1.01. The third-order valence-corrected chi connectivity index (χ3v) is 4.23. The van der Waals surface area contributed by atoms with Crippen LogP contribution in [-0.4, -0.2) is 44.3 Å². The molecule has 0 saturated heterocycles. The van der Waals surface area contributed by atoms with Crippen LogP contribution < -0.4 is 14.8 Å². The van der Waals surface area contributed by atoms with Crippen molar-refractivity contribution < 1.29 is 27.9 Å². The molecule has 2 atom stereocenters. The molecule has 0 fully saturated rings. The van der Waals surface area contributed by atoms with E-state index in [1.807, 2.05) is 0 Å². The van der Waals surface area contributed by atoms with E-state index in [2.05, 4.69) is 10.0 Å². The summed E-state index contributed by atoms with van der Waals surface area (Å²) >= 11 is 0. The largest absolute Gasteiger partial charge is 0.482 e. The summed E-state index contributed by atoms with van der Waals surface area (Å²) in [6.45, 7) is 6.65. The van der Waals surface area contributed by atoms with E-state index in [4.69, 9.17) is 9.84 Å². The highest BCUT2D eigenvalue weighted by Gasteiger charge is 2.34. The first-order valence-electron chi connectivity index (χ1n) is 8.02. The molecule has 0 saturated carbocycles. The summed E-state index contributed by atoms with van der Waals surface area (Å²) in [5.41, 5.74) is 0.162. The summed E-state index contributed by atoms with van der Waals surface area (Å²) in [7, 11) is -3.55. The van der Waals surface area contributed by atoms with Crippen LogP contribution in [0.4, 0.5) is 0 Å². The number of hydrogen-bond donors (Lipinski definition) is 3. The number of carbonyl (C=O) groups excluding carboxylic acids is 1. The SMILES string of the molecule is CC(NC(=O)C(NS(C)(=O)=O)C(C)(C)C)c1ccc(OCC(=O)O)cc1. The number of nitrogens with one attached hydrogen (secondary N) is 2. The zero-order chi connectivity index (χ0) is 20.1. The minimum Gasteiger partial charge on any atom is -0.482 e. The van der Waals surface area contributed by atoms with Crippen LogP contribution in [-0.2, 0) is 19.6 Å². The maximum atomic E-state index is 12.6. The summed E-state index contributed by atoms with van der Waals surface area (Å²) in [5, 5.41) is 11.4. The Labute approximate surface area is 154 Å². The number of aliphatic carboxylic acids is 1. The molecule has 146 valence electrons. The number of amides is 1. The molecule has 0 aliphatic heterocycles. The summed E-state index contributed by atoms with van der Waals surface area (Å²) in [5.74, 6) is -1.09. The van der Waals surface area contributed by atoms with E-state index in [1.54, 1.807) is 52.0 Å². The van der Waals surface area contributed by atoms with Gasteiger partial charge in [0.1, 0.15) is 11.8 Å². The smallest absolute Gasteiger partial charge is 0.341 e. The van der Waals surface area contributed by atoms with Crippen molar-refractivity contribution in [3.8, 4) is 5.75 Å². The number of carboxylic acids is 1. The average molecular weight is 386 g/mol. The summed E-state index contributed by atoms with van der Waals surface area (Å²) in [6, 6.07) is 5.34. The summed E-state index contributed by atoms with van der Waals surface area (Å²) in [4.78, 5) is 23.1. The molecule has 0 aliphatic carbocycles. The van der Waals surface area contributed by atoms with E-state index >= 15 is 0 Å². The zero-order valence-electron chi connectivity index (χ0n) is 15.6. The minimum absolute atomic E-state index is 0.373. The Morgan fingerprint density at radius 2 is 1.73 bits per heavy atom. The molecule has 1 rings (SSSR count). The van der Waals surface area contributed by atoms with Crippen LogP contribution in [0, 0.1) is 5.41 Å². The molecular formula is C17H26N2O6S. The number of hydrogen-bond acceptors (Lipinski definition) is 5. The molecule has 0 spiro atoms. The van der Waals surface area contributed by atoms with Gasteiger partial charge in [-0.25, -0.2) is 17.9 Å². The van der Waals surface area contributed by atoms with Gasteiger partial charge in [0.25, 0.3) is 0 Å². The van der Waals surface area contributed by atoms with Crippen molar-refractivity contribution in [1.82, 2.24) is 10.0 Å². The van der Waals surface area contributed by atoms with Crippen molar-refractivity contribution in [2.24, 2.45) is 5.41 Å². The number of sulfonamides is 1. The fraction of sp³-hybridized carbons (Fsp3) is 0.529. The standard InChI is InChI=1S/C17H26N2O6S/c1-11(12-6-8-13(9-7-12)25-10-14(20)21)18-16(22)15(17(2,3)4)19-26(5,23)24/h6-9,11,15,19H,10H2,1-5H3,(H,18,22)(H,20,21). The van der Waals surface area contributed by atoms with E-state index in [0.29, 0.717) is 5.75 Å². The number of carbonyl (C=O) groups is 2. The number of carboxylic acid groups (broad SMARTS) is 1. The minimum atomic E-state index is -3.55. The van der Waals surface area contributed by atoms with E-state index in [9.17, 15) is 18.0 Å². The van der Waals surface area contributed by atoms with Crippen molar-refractivity contribution in [3.05, 3.63) is 29.8 Å². The van der Waals surface area contributed by atoms with Crippen LogP contribution in [0.1, 0.15) is 39.3 Å². The fourth-order valence-corrected chi connectivity index (χ4v) is 3.10. The maximum Gasteiger partial charge on any atom is 0.341 e. The van der Waals surface area contributed by atoms with Gasteiger partial charge in [-0.1, -0.05) is 32.9 Å². The van der Waals surface area contributed by atoms with Crippen LogP contribution in [0.3, 0.4) is 0 Å². The first kappa shape index (κ1) is 21.9. The Balaban J connectivity index is 2.82. The van der Waals surface area contributed by atoms with Crippen LogP contribution in [0.25, 0.3) is 0 Å². The molecular weight excluding hydrogens is 360 g/mol. The third kappa shape index (κ3) is 7.40.